The van der Waals surface area contributed by atoms with Gasteiger partial charge in [0.05, 0.1) is 12.8 Å². The summed E-state index contributed by atoms with van der Waals surface area (Å²) >= 11 is 6.03. The van der Waals surface area contributed by atoms with Crippen LogP contribution < -0.4 is 9.64 Å². The standard InChI is InChI=1S/C15H16ClN5O/c1-4-22-11-7-5-10(6-8-11)20(2)14-13-12(9-17-21(13)3)18-15(16)19-14/h5-9H,4H2,1-3H3. The Balaban J connectivity index is 2.04. The minimum atomic E-state index is 0.202. The van der Waals surface area contributed by atoms with Crippen molar-refractivity contribution in [3.05, 3.63) is 35.7 Å². The lowest BCUT2D eigenvalue weighted by Crippen LogP contribution is -2.13. The summed E-state index contributed by atoms with van der Waals surface area (Å²) in [5.74, 6) is 1.55. The summed E-state index contributed by atoms with van der Waals surface area (Å²) in [5.41, 5.74) is 2.52. The molecule has 0 unspecified atom stereocenters. The minimum absolute atomic E-state index is 0.202. The number of benzene rings is 1. The lowest BCUT2D eigenvalue weighted by Gasteiger charge is -2.19. The number of aryl methyl sites for hydroxylation is 1. The van der Waals surface area contributed by atoms with E-state index in [-0.39, 0.29) is 5.28 Å². The molecule has 3 rings (SSSR count). The highest BCUT2D eigenvalue weighted by Crippen LogP contribution is 2.30. The van der Waals surface area contributed by atoms with E-state index in [1.807, 2.05) is 50.2 Å². The molecular formula is C15H16ClN5O. The first-order valence-corrected chi connectivity index (χ1v) is 7.29. The molecule has 0 N–H and O–H groups in total. The van der Waals surface area contributed by atoms with E-state index in [2.05, 4.69) is 15.1 Å². The molecule has 22 heavy (non-hydrogen) atoms. The molecule has 3 aromatic rings. The van der Waals surface area contributed by atoms with E-state index in [4.69, 9.17) is 16.3 Å². The van der Waals surface area contributed by atoms with Gasteiger partial charge in [-0.1, -0.05) is 0 Å². The van der Waals surface area contributed by atoms with Crippen LogP contribution >= 0.6 is 11.6 Å². The van der Waals surface area contributed by atoms with Crippen LogP contribution in [0.4, 0.5) is 11.5 Å². The van der Waals surface area contributed by atoms with Crippen LogP contribution in [0.15, 0.2) is 30.5 Å². The van der Waals surface area contributed by atoms with Gasteiger partial charge in [-0.05, 0) is 42.8 Å². The summed E-state index contributed by atoms with van der Waals surface area (Å²) in [6, 6.07) is 7.81. The van der Waals surface area contributed by atoms with Gasteiger partial charge in [0, 0.05) is 19.8 Å². The number of hydrogen-bond acceptors (Lipinski definition) is 5. The fourth-order valence-electron chi connectivity index (χ4n) is 2.32. The van der Waals surface area contributed by atoms with Gasteiger partial charge >= 0.3 is 0 Å². The van der Waals surface area contributed by atoms with Gasteiger partial charge in [0.25, 0.3) is 0 Å². The molecule has 0 radical (unpaired) electrons. The average molecular weight is 318 g/mol. The predicted molar refractivity (Wildman–Crippen MR) is 87.0 cm³/mol. The summed E-state index contributed by atoms with van der Waals surface area (Å²) in [6.07, 6.45) is 1.68. The molecule has 114 valence electrons. The average Bonchev–Trinajstić information content (AvgIpc) is 2.88. The monoisotopic (exact) mass is 317 g/mol. The predicted octanol–water partition coefficient (Wildman–Crippen LogP) is 3.18. The molecule has 0 aliphatic heterocycles. The van der Waals surface area contributed by atoms with Gasteiger partial charge in [-0.3, -0.25) is 4.68 Å². The molecule has 2 heterocycles. The van der Waals surface area contributed by atoms with Crippen molar-refractivity contribution in [2.24, 2.45) is 7.05 Å². The van der Waals surface area contributed by atoms with Crippen LogP contribution in [0.5, 0.6) is 5.75 Å². The Morgan fingerprint density at radius 1 is 1.23 bits per heavy atom. The molecule has 2 aromatic heterocycles. The van der Waals surface area contributed by atoms with Gasteiger partial charge in [-0.2, -0.15) is 10.1 Å². The fraction of sp³-hybridized carbons (Fsp3) is 0.267. The third-order valence-electron chi connectivity index (χ3n) is 3.39. The van der Waals surface area contributed by atoms with Crippen molar-refractivity contribution >= 4 is 34.1 Å². The third kappa shape index (κ3) is 2.57. The first-order valence-electron chi connectivity index (χ1n) is 6.92. The molecule has 0 aliphatic rings. The van der Waals surface area contributed by atoms with Gasteiger partial charge in [-0.25, -0.2) is 4.98 Å². The highest BCUT2D eigenvalue weighted by molar-refractivity contribution is 6.28. The Hall–Kier alpha value is -2.34. The van der Waals surface area contributed by atoms with Crippen LogP contribution in [0, 0.1) is 0 Å². The number of fused-ring (bicyclic) bond motifs is 1. The molecule has 0 atom stereocenters. The number of rotatable bonds is 4. The van der Waals surface area contributed by atoms with Crippen LogP contribution in [0.25, 0.3) is 11.0 Å². The Labute approximate surface area is 133 Å². The van der Waals surface area contributed by atoms with Crippen molar-refractivity contribution in [3.63, 3.8) is 0 Å². The normalized spacial score (nSPS) is 10.9. The minimum Gasteiger partial charge on any atom is -0.494 e. The van der Waals surface area contributed by atoms with Crippen LogP contribution in [-0.2, 0) is 7.05 Å². The zero-order valence-corrected chi connectivity index (χ0v) is 13.4. The quantitative estimate of drug-likeness (QED) is 0.692. The number of halogens is 1. The fourth-order valence-corrected chi connectivity index (χ4v) is 2.49. The topological polar surface area (TPSA) is 56.1 Å². The molecule has 0 spiro atoms. The summed E-state index contributed by atoms with van der Waals surface area (Å²) in [5, 5.41) is 4.42. The van der Waals surface area contributed by atoms with Crippen molar-refractivity contribution in [1.82, 2.24) is 19.7 Å². The Morgan fingerprint density at radius 2 is 1.95 bits per heavy atom. The molecule has 1 aromatic carbocycles. The van der Waals surface area contributed by atoms with Crippen LogP contribution in [0.3, 0.4) is 0 Å². The van der Waals surface area contributed by atoms with E-state index in [0.717, 1.165) is 22.5 Å². The van der Waals surface area contributed by atoms with E-state index in [9.17, 15) is 0 Å². The molecule has 0 saturated carbocycles. The molecule has 0 aliphatic carbocycles. The van der Waals surface area contributed by atoms with E-state index < -0.39 is 0 Å². The number of nitrogens with zero attached hydrogens (tertiary/aromatic N) is 5. The largest absolute Gasteiger partial charge is 0.494 e. The van der Waals surface area contributed by atoms with E-state index in [1.54, 1.807) is 10.9 Å². The third-order valence-corrected chi connectivity index (χ3v) is 3.56. The molecule has 0 amide bonds. The maximum atomic E-state index is 6.03. The SMILES string of the molecule is CCOc1ccc(N(C)c2nc(Cl)nc3cnn(C)c23)cc1. The zero-order valence-electron chi connectivity index (χ0n) is 12.6. The van der Waals surface area contributed by atoms with Crippen molar-refractivity contribution in [2.75, 3.05) is 18.6 Å². The summed E-state index contributed by atoms with van der Waals surface area (Å²) in [7, 11) is 3.79. The second kappa shape index (κ2) is 5.81. The molecule has 6 nitrogen and oxygen atoms in total. The Morgan fingerprint density at radius 3 is 2.64 bits per heavy atom. The number of hydrogen-bond donors (Lipinski definition) is 0. The lowest BCUT2D eigenvalue weighted by molar-refractivity contribution is 0.340. The van der Waals surface area contributed by atoms with Gasteiger partial charge in [-0.15, -0.1) is 0 Å². The van der Waals surface area contributed by atoms with E-state index >= 15 is 0 Å². The molecule has 0 fully saturated rings. The Kier molecular flexibility index (Phi) is 3.85. The second-order valence-corrected chi connectivity index (χ2v) is 5.14. The molecule has 7 heteroatoms. The first kappa shape index (κ1) is 14.6. The zero-order chi connectivity index (χ0) is 15.7. The molecule has 0 saturated heterocycles. The van der Waals surface area contributed by atoms with Crippen LogP contribution in [0.1, 0.15) is 6.92 Å². The van der Waals surface area contributed by atoms with Crippen molar-refractivity contribution < 1.29 is 4.74 Å². The van der Waals surface area contributed by atoms with Crippen molar-refractivity contribution in [2.45, 2.75) is 6.92 Å². The molecule has 0 bridgehead atoms. The second-order valence-electron chi connectivity index (χ2n) is 4.80. The lowest BCUT2D eigenvalue weighted by atomic mass is 10.2. The van der Waals surface area contributed by atoms with Crippen LogP contribution in [-0.4, -0.2) is 33.4 Å². The summed E-state index contributed by atoms with van der Waals surface area (Å²) in [6.45, 7) is 2.61. The van der Waals surface area contributed by atoms with E-state index in [1.165, 1.54) is 0 Å². The van der Waals surface area contributed by atoms with E-state index in [0.29, 0.717) is 12.4 Å². The Bertz CT molecular complexity index is 800. The highest BCUT2D eigenvalue weighted by atomic mass is 35.5. The van der Waals surface area contributed by atoms with Crippen molar-refractivity contribution in [3.8, 4) is 5.75 Å². The number of aromatic nitrogens is 4. The van der Waals surface area contributed by atoms with Crippen LogP contribution in [0.2, 0.25) is 5.28 Å². The maximum absolute atomic E-state index is 6.03. The van der Waals surface area contributed by atoms with Crippen molar-refractivity contribution in [1.29, 1.82) is 0 Å². The maximum Gasteiger partial charge on any atom is 0.225 e. The molecular weight excluding hydrogens is 302 g/mol. The summed E-state index contributed by atoms with van der Waals surface area (Å²) in [4.78, 5) is 10.5. The van der Waals surface area contributed by atoms with Gasteiger partial charge < -0.3 is 9.64 Å². The van der Waals surface area contributed by atoms with Gasteiger partial charge in [0.2, 0.25) is 5.28 Å². The smallest absolute Gasteiger partial charge is 0.225 e. The summed E-state index contributed by atoms with van der Waals surface area (Å²) < 4.78 is 7.21. The van der Waals surface area contributed by atoms with Gasteiger partial charge in [0.1, 0.15) is 16.8 Å². The highest BCUT2D eigenvalue weighted by Gasteiger charge is 2.16. The number of ether oxygens (including phenoxy) is 1. The van der Waals surface area contributed by atoms with Gasteiger partial charge in [0.15, 0.2) is 5.82 Å². The number of anilines is 2. The first-order chi connectivity index (χ1) is 10.6.